The second-order valence-electron chi connectivity index (χ2n) is 18.5. The van der Waals surface area contributed by atoms with Gasteiger partial charge in [0.2, 0.25) is 0 Å². The third-order valence-corrected chi connectivity index (χ3v) is 14.9. The van der Waals surface area contributed by atoms with Crippen molar-refractivity contribution in [2.24, 2.45) is 5.92 Å². The summed E-state index contributed by atoms with van der Waals surface area (Å²) >= 11 is 0. The average molecular weight is 843 g/mol. The summed E-state index contributed by atoms with van der Waals surface area (Å²) in [5.41, 5.74) is 17.7. The lowest BCUT2D eigenvalue weighted by molar-refractivity contribution is 0.568. The Morgan fingerprint density at radius 1 is 0.492 bits per heavy atom. The van der Waals surface area contributed by atoms with E-state index in [1.54, 1.807) is 24.3 Å². The molecule has 4 unspecified atom stereocenters. The lowest BCUT2D eigenvalue weighted by atomic mass is 9.69. The van der Waals surface area contributed by atoms with Crippen molar-refractivity contribution >= 4 is 33.5 Å². The highest BCUT2D eigenvalue weighted by atomic mass is 19.1. The van der Waals surface area contributed by atoms with E-state index < -0.39 is 11.0 Å². The molecule has 0 heterocycles. The summed E-state index contributed by atoms with van der Waals surface area (Å²) in [6.45, 7) is 4.52. The zero-order valence-electron chi connectivity index (χ0n) is 36.1. The quantitative estimate of drug-likeness (QED) is 0.165. The number of nitrogens with zero attached hydrogens (tertiary/aromatic N) is 2. The van der Waals surface area contributed by atoms with E-state index >= 15 is 0 Å². The zero-order chi connectivity index (χ0) is 43.6. The van der Waals surface area contributed by atoms with Gasteiger partial charge in [0.15, 0.2) is 0 Å². The Labute approximate surface area is 378 Å². The van der Waals surface area contributed by atoms with Gasteiger partial charge in [-0.05, 0) is 176 Å². The summed E-state index contributed by atoms with van der Waals surface area (Å²) in [6.07, 6.45) is 18.3. The molecule has 4 heteroatoms. The number of benzene rings is 8. The van der Waals surface area contributed by atoms with Gasteiger partial charge < -0.3 is 9.80 Å². The Bertz CT molecular complexity index is 3430. The van der Waals surface area contributed by atoms with Crippen LogP contribution in [0.3, 0.4) is 0 Å². The summed E-state index contributed by atoms with van der Waals surface area (Å²) in [7, 11) is 0. The fraction of sp³-hybridized carbons (Fsp3) is 0.115. The fourth-order valence-electron chi connectivity index (χ4n) is 12.1. The second-order valence-corrected chi connectivity index (χ2v) is 18.5. The molecule has 0 fully saturated rings. The number of halogens is 2. The van der Waals surface area contributed by atoms with Gasteiger partial charge in [0, 0.05) is 22.7 Å². The first-order valence-corrected chi connectivity index (χ1v) is 22.7. The number of anilines is 4. The first-order valence-electron chi connectivity index (χ1n) is 22.7. The Morgan fingerprint density at radius 2 is 1.11 bits per heavy atom. The van der Waals surface area contributed by atoms with Gasteiger partial charge in [0.1, 0.15) is 11.6 Å². The van der Waals surface area contributed by atoms with Crippen molar-refractivity contribution in [1.29, 1.82) is 0 Å². The third kappa shape index (κ3) is 5.31. The van der Waals surface area contributed by atoms with Crippen molar-refractivity contribution in [1.82, 2.24) is 0 Å². The third-order valence-electron chi connectivity index (χ3n) is 14.9. The molecule has 0 aliphatic heterocycles. The van der Waals surface area contributed by atoms with Crippen LogP contribution in [0.15, 0.2) is 206 Å². The molecule has 312 valence electrons. The summed E-state index contributed by atoms with van der Waals surface area (Å²) in [5, 5.41) is 2.57. The van der Waals surface area contributed by atoms with Gasteiger partial charge in [-0.1, -0.05) is 134 Å². The minimum atomic E-state index is -0.721. The van der Waals surface area contributed by atoms with Gasteiger partial charge >= 0.3 is 0 Å². The molecule has 1 spiro atoms. The maximum Gasteiger partial charge on any atom is 0.123 e. The molecule has 0 saturated heterocycles. The summed E-state index contributed by atoms with van der Waals surface area (Å²) in [5.74, 6) is -0.315. The molecule has 0 aromatic heterocycles. The van der Waals surface area contributed by atoms with Crippen molar-refractivity contribution < 1.29 is 8.78 Å². The minimum Gasteiger partial charge on any atom is -0.334 e. The van der Waals surface area contributed by atoms with Gasteiger partial charge in [-0.2, -0.15) is 0 Å². The molecular formula is C61H44F2N2. The Kier molecular flexibility index (Phi) is 8.15. The van der Waals surface area contributed by atoms with Crippen molar-refractivity contribution in [2.75, 3.05) is 9.80 Å². The van der Waals surface area contributed by atoms with Gasteiger partial charge in [-0.15, -0.1) is 0 Å². The number of rotatable bonds is 6. The summed E-state index contributed by atoms with van der Waals surface area (Å²) in [6, 6.07) is 55.2. The zero-order valence-corrected chi connectivity index (χ0v) is 36.1. The van der Waals surface area contributed by atoms with E-state index in [2.05, 4.69) is 181 Å². The number of hydrogen-bond acceptors (Lipinski definition) is 2. The van der Waals surface area contributed by atoms with Crippen molar-refractivity contribution in [3.05, 3.63) is 240 Å². The van der Waals surface area contributed by atoms with E-state index in [1.165, 1.54) is 77.5 Å². The molecule has 0 amide bonds. The van der Waals surface area contributed by atoms with Crippen LogP contribution in [0.25, 0.3) is 55.3 Å². The monoisotopic (exact) mass is 842 g/mol. The molecule has 13 rings (SSSR count). The summed E-state index contributed by atoms with van der Waals surface area (Å²) < 4.78 is 29.3. The van der Waals surface area contributed by atoms with Crippen molar-refractivity contribution in [2.45, 2.75) is 37.3 Å². The Balaban J connectivity index is 1.13. The van der Waals surface area contributed by atoms with Gasteiger partial charge in [0.25, 0.3) is 0 Å². The van der Waals surface area contributed by atoms with Gasteiger partial charge in [-0.3, -0.25) is 0 Å². The highest BCUT2D eigenvalue weighted by Crippen LogP contribution is 2.66. The van der Waals surface area contributed by atoms with E-state index in [-0.39, 0.29) is 23.6 Å². The van der Waals surface area contributed by atoms with E-state index in [9.17, 15) is 8.78 Å². The second kappa shape index (κ2) is 14.0. The smallest absolute Gasteiger partial charge is 0.123 e. The molecule has 5 aliphatic carbocycles. The molecule has 65 heavy (non-hydrogen) atoms. The molecule has 0 bridgehead atoms. The molecule has 2 nitrogen and oxygen atoms in total. The SMILES string of the molecule is CC1C=CC=CC1N(c1ccc(F)cc1)c1ccc2c(c1)C1(c3cc(N(c4ccc(F)cc4)C4(C)C=CC=CC4)ccc3-2)c2ccccc2-c2c1cc1c3c(cccc23)-c2ccccc2-1. The van der Waals surface area contributed by atoms with E-state index in [0.717, 1.165) is 29.2 Å². The van der Waals surface area contributed by atoms with Crippen molar-refractivity contribution in [3.8, 4) is 44.5 Å². The van der Waals surface area contributed by atoms with Crippen molar-refractivity contribution in [3.63, 3.8) is 0 Å². The van der Waals surface area contributed by atoms with E-state index in [1.807, 2.05) is 24.3 Å². The number of allylic oxidation sites excluding steroid dienone is 4. The molecular weight excluding hydrogens is 799 g/mol. The van der Waals surface area contributed by atoms with Crippen LogP contribution in [0.2, 0.25) is 0 Å². The maximum absolute atomic E-state index is 14.7. The van der Waals surface area contributed by atoms with Crippen LogP contribution in [-0.4, -0.2) is 11.6 Å². The highest BCUT2D eigenvalue weighted by Gasteiger charge is 2.53. The van der Waals surface area contributed by atoms with E-state index in [0.29, 0.717) is 0 Å². The molecule has 0 saturated carbocycles. The largest absolute Gasteiger partial charge is 0.334 e. The molecule has 0 radical (unpaired) electrons. The lowest BCUT2D eigenvalue weighted by Crippen LogP contribution is -2.42. The first-order chi connectivity index (χ1) is 31.8. The Morgan fingerprint density at radius 3 is 1.82 bits per heavy atom. The lowest BCUT2D eigenvalue weighted by Gasteiger charge is -2.42. The van der Waals surface area contributed by atoms with Crippen LogP contribution in [0.4, 0.5) is 31.5 Å². The van der Waals surface area contributed by atoms with Crippen LogP contribution in [-0.2, 0) is 5.41 Å². The predicted octanol–water partition coefficient (Wildman–Crippen LogP) is 15.8. The van der Waals surface area contributed by atoms with Gasteiger partial charge in [-0.25, -0.2) is 8.78 Å². The Hall–Kier alpha value is -7.56. The normalized spacial score (nSPS) is 21.0. The van der Waals surface area contributed by atoms with E-state index in [4.69, 9.17) is 0 Å². The number of hydrogen-bond donors (Lipinski definition) is 0. The summed E-state index contributed by atoms with van der Waals surface area (Å²) in [4.78, 5) is 4.77. The molecule has 0 N–H and O–H groups in total. The van der Waals surface area contributed by atoms with Crippen LogP contribution in [0.5, 0.6) is 0 Å². The fourth-order valence-corrected chi connectivity index (χ4v) is 12.1. The standard InChI is InChI=1S/C61H44F2N2/c1-38-13-4-9-20-57(38)64(41-25-21-39(62)22-26-41)43-29-31-47-48-32-30-44(65(42-27-23-40(63)24-28-42)60(2)33-10-3-11-34-60)36-55(48)61(54(47)35-43)53-19-8-7-16-50(53)59-51-18-12-17-49-45-14-5-6-15-46(45)52(58(49)51)37-56(59)61/h3-33,35-38,57H,34H2,1-2H3. The first kappa shape index (κ1) is 37.9. The van der Waals surface area contributed by atoms with Crippen LogP contribution < -0.4 is 9.80 Å². The van der Waals surface area contributed by atoms with Crippen LogP contribution >= 0.6 is 0 Å². The molecule has 4 atom stereocenters. The highest BCUT2D eigenvalue weighted by molar-refractivity contribution is 6.21. The molecule has 8 aromatic carbocycles. The predicted molar refractivity (Wildman–Crippen MR) is 264 cm³/mol. The maximum atomic E-state index is 14.7. The molecule has 5 aliphatic rings. The number of fused-ring (bicyclic) bond motifs is 14. The topological polar surface area (TPSA) is 6.48 Å². The minimum absolute atomic E-state index is 0.000166. The van der Waals surface area contributed by atoms with Gasteiger partial charge in [0.05, 0.1) is 17.0 Å². The van der Waals surface area contributed by atoms with Crippen LogP contribution in [0.1, 0.15) is 42.5 Å². The van der Waals surface area contributed by atoms with Crippen LogP contribution in [0, 0.1) is 17.6 Å². The molecule has 8 aromatic rings. The average Bonchev–Trinajstić information content (AvgIpc) is 3.93.